The van der Waals surface area contributed by atoms with E-state index in [4.69, 9.17) is 0 Å². The summed E-state index contributed by atoms with van der Waals surface area (Å²) in [6, 6.07) is 10.8. The Bertz CT molecular complexity index is 960. The van der Waals surface area contributed by atoms with E-state index in [-0.39, 0.29) is 11.7 Å². The third-order valence-electron chi connectivity index (χ3n) is 4.33. The number of imidazole rings is 1. The largest absolute Gasteiger partial charge is 0.326 e. The molecule has 1 aromatic carbocycles. The molecule has 0 radical (unpaired) electrons. The van der Waals surface area contributed by atoms with Crippen LogP contribution < -0.4 is 5.43 Å². The van der Waals surface area contributed by atoms with Gasteiger partial charge in [-0.3, -0.25) is 19.7 Å². The molecule has 6 nitrogen and oxygen atoms in total. The highest BCUT2D eigenvalue weighted by Gasteiger charge is 2.18. The first-order valence-corrected chi connectivity index (χ1v) is 9.72. The van der Waals surface area contributed by atoms with Crippen LogP contribution in [0, 0.1) is 13.8 Å². The van der Waals surface area contributed by atoms with Gasteiger partial charge in [-0.15, -0.1) is 0 Å². The van der Waals surface area contributed by atoms with Gasteiger partial charge in [-0.2, -0.15) is 0 Å². The molecule has 3 rings (SSSR count). The van der Waals surface area contributed by atoms with E-state index in [2.05, 4.69) is 10.4 Å². The Balaban J connectivity index is 1.73. The normalized spacial score (nSPS) is 10.8. The Labute approximate surface area is 162 Å². The summed E-state index contributed by atoms with van der Waals surface area (Å²) in [5, 5.41) is 0.831. The van der Waals surface area contributed by atoms with Crippen molar-refractivity contribution in [3.8, 4) is 0 Å². The fourth-order valence-corrected chi connectivity index (χ4v) is 3.76. The fourth-order valence-electron chi connectivity index (χ4n) is 2.86. The molecular weight excluding hydrogens is 360 g/mol. The number of amides is 1. The second kappa shape index (κ2) is 8.26. The standard InChI is InChI=1S/C20H22N4O2S/c1-4-23-11-10-21-20(23)27-13-18(25)17-12-14(2)24(15(17)3)22-19(26)16-8-6-5-7-9-16/h5-12H,4,13H2,1-3H3,(H,22,26). The van der Waals surface area contributed by atoms with E-state index in [0.29, 0.717) is 16.9 Å². The van der Waals surface area contributed by atoms with Crippen molar-refractivity contribution in [1.29, 1.82) is 0 Å². The quantitative estimate of drug-likeness (QED) is 0.500. The number of carbonyl (C=O) groups is 2. The number of thioether (sulfide) groups is 1. The predicted molar refractivity (Wildman–Crippen MR) is 107 cm³/mol. The molecule has 7 heteroatoms. The van der Waals surface area contributed by atoms with E-state index in [0.717, 1.165) is 23.1 Å². The van der Waals surface area contributed by atoms with Gasteiger partial charge >= 0.3 is 0 Å². The lowest BCUT2D eigenvalue weighted by Crippen LogP contribution is -2.25. The van der Waals surface area contributed by atoms with E-state index in [1.165, 1.54) is 11.8 Å². The zero-order valence-electron chi connectivity index (χ0n) is 15.6. The highest BCUT2D eigenvalue weighted by atomic mass is 32.2. The van der Waals surface area contributed by atoms with E-state index >= 15 is 0 Å². The number of nitrogens with one attached hydrogen (secondary N) is 1. The van der Waals surface area contributed by atoms with Crippen LogP contribution in [-0.4, -0.2) is 31.7 Å². The summed E-state index contributed by atoms with van der Waals surface area (Å²) in [6.07, 6.45) is 3.64. The molecule has 0 saturated heterocycles. The maximum atomic E-state index is 12.7. The van der Waals surface area contributed by atoms with Gasteiger partial charge in [-0.05, 0) is 39.0 Å². The number of hydrogen-bond acceptors (Lipinski definition) is 4. The van der Waals surface area contributed by atoms with Crippen LogP contribution in [0.15, 0.2) is 53.9 Å². The zero-order valence-corrected chi connectivity index (χ0v) is 16.4. The average molecular weight is 382 g/mol. The molecule has 0 aliphatic rings. The van der Waals surface area contributed by atoms with E-state index < -0.39 is 0 Å². The van der Waals surface area contributed by atoms with Crippen LogP contribution >= 0.6 is 11.8 Å². The molecule has 1 amide bonds. The second-order valence-corrected chi connectivity index (χ2v) is 7.08. The van der Waals surface area contributed by atoms with Crippen LogP contribution in [0.4, 0.5) is 0 Å². The third kappa shape index (κ3) is 4.14. The van der Waals surface area contributed by atoms with Crippen LogP contribution in [-0.2, 0) is 6.54 Å². The number of benzene rings is 1. The minimum Gasteiger partial charge on any atom is -0.326 e. The van der Waals surface area contributed by atoms with Gasteiger partial charge in [0.1, 0.15) is 0 Å². The van der Waals surface area contributed by atoms with E-state index in [9.17, 15) is 9.59 Å². The van der Waals surface area contributed by atoms with Gasteiger partial charge in [0, 0.05) is 41.5 Å². The van der Waals surface area contributed by atoms with Crippen LogP contribution in [0.2, 0.25) is 0 Å². The molecule has 0 aliphatic heterocycles. The molecule has 1 N–H and O–H groups in total. The Morgan fingerprint density at radius 1 is 1.19 bits per heavy atom. The van der Waals surface area contributed by atoms with Gasteiger partial charge in [-0.1, -0.05) is 30.0 Å². The van der Waals surface area contributed by atoms with Crippen molar-refractivity contribution in [3.05, 3.63) is 71.3 Å². The van der Waals surface area contributed by atoms with Crippen molar-refractivity contribution in [2.45, 2.75) is 32.5 Å². The van der Waals surface area contributed by atoms with Crippen molar-refractivity contribution in [2.24, 2.45) is 0 Å². The van der Waals surface area contributed by atoms with Crippen molar-refractivity contribution >= 4 is 23.5 Å². The number of hydrogen-bond donors (Lipinski definition) is 1. The van der Waals surface area contributed by atoms with Gasteiger partial charge in [0.2, 0.25) is 0 Å². The summed E-state index contributed by atoms with van der Waals surface area (Å²) in [5.41, 5.74) is 5.57. The van der Waals surface area contributed by atoms with Crippen LogP contribution in [0.3, 0.4) is 0 Å². The monoisotopic (exact) mass is 382 g/mol. The maximum Gasteiger partial charge on any atom is 0.270 e. The average Bonchev–Trinajstić information content (AvgIpc) is 3.26. The molecule has 0 fully saturated rings. The number of aryl methyl sites for hydroxylation is 2. The topological polar surface area (TPSA) is 68.9 Å². The number of aromatic nitrogens is 3. The summed E-state index contributed by atoms with van der Waals surface area (Å²) in [5.74, 6) is 0.100. The first-order chi connectivity index (χ1) is 13.0. The van der Waals surface area contributed by atoms with Crippen molar-refractivity contribution in [2.75, 3.05) is 11.2 Å². The molecule has 0 aliphatic carbocycles. The number of ketones is 1. The number of rotatable bonds is 7. The molecular formula is C20H22N4O2S. The van der Waals surface area contributed by atoms with Gasteiger partial charge in [0.25, 0.3) is 5.91 Å². The van der Waals surface area contributed by atoms with Crippen LogP contribution in [0.25, 0.3) is 0 Å². The lowest BCUT2D eigenvalue weighted by Gasteiger charge is -2.11. The third-order valence-corrected chi connectivity index (χ3v) is 5.34. The SMILES string of the molecule is CCn1ccnc1SCC(=O)c1cc(C)n(NC(=O)c2ccccc2)c1C. The van der Waals surface area contributed by atoms with Crippen molar-refractivity contribution < 1.29 is 9.59 Å². The Morgan fingerprint density at radius 2 is 1.93 bits per heavy atom. The maximum absolute atomic E-state index is 12.7. The summed E-state index contributed by atoms with van der Waals surface area (Å²) >= 11 is 1.42. The number of nitrogens with zero attached hydrogens (tertiary/aromatic N) is 3. The molecule has 3 aromatic rings. The summed E-state index contributed by atoms with van der Waals surface area (Å²) in [7, 11) is 0. The minimum absolute atomic E-state index is 0.0129. The highest BCUT2D eigenvalue weighted by Crippen LogP contribution is 2.21. The molecule has 0 atom stereocenters. The summed E-state index contributed by atoms with van der Waals surface area (Å²) < 4.78 is 3.67. The molecule has 140 valence electrons. The lowest BCUT2D eigenvalue weighted by atomic mass is 10.2. The van der Waals surface area contributed by atoms with Crippen molar-refractivity contribution in [3.63, 3.8) is 0 Å². The van der Waals surface area contributed by atoms with Gasteiger partial charge < -0.3 is 4.57 Å². The van der Waals surface area contributed by atoms with Crippen molar-refractivity contribution in [1.82, 2.24) is 14.2 Å². The lowest BCUT2D eigenvalue weighted by molar-refractivity contribution is 0.0999. The highest BCUT2D eigenvalue weighted by molar-refractivity contribution is 7.99. The Hall–Kier alpha value is -2.80. The molecule has 2 heterocycles. The molecule has 0 spiro atoms. The number of carbonyl (C=O) groups excluding carboxylic acids is 2. The first kappa shape index (κ1) is 19.0. The van der Waals surface area contributed by atoms with Crippen LogP contribution in [0.5, 0.6) is 0 Å². The molecule has 27 heavy (non-hydrogen) atoms. The molecule has 0 unspecified atom stereocenters. The van der Waals surface area contributed by atoms with Crippen LogP contribution in [0.1, 0.15) is 39.0 Å². The minimum atomic E-state index is -0.212. The van der Waals surface area contributed by atoms with Gasteiger partial charge in [0.15, 0.2) is 10.9 Å². The first-order valence-electron chi connectivity index (χ1n) is 8.73. The fraction of sp³-hybridized carbons (Fsp3) is 0.250. The van der Waals surface area contributed by atoms with Gasteiger partial charge in [-0.25, -0.2) is 4.98 Å². The smallest absolute Gasteiger partial charge is 0.270 e. The number of Topliss-reactive ketones (excluding diaryl/α,β-unsaturated/α-hetero) is 1. The molecule has 0 saturated carbocycles. The second-order valence-electron chi connectivity index (χ2n) is 6.13. The Morgan fingerprint density at radius 3 is 2.63 bits per heavy atom. The van der Waals surface area contributed by atoms with Gasteiger partial charge in [0.05, 0.1) is 5.75 Å². The molecule has 0 bridgehead atoms. The summed E-state index contributed by atoms with van der Waals surface area (Å²) in [6.45, 7) is 6.56. The Kier molecular flexibility index (Phi) is 5.81. The zero-order chi connectivity index (χ0) is 19.4. The predicted octanol–water partition coefficient (Wildman–Crippen LogP) is 3.68. The van der Waals surface area contributed by atoms with E-state index in [1.807, 2.05) is 55.8 Å². The molecule has 2 aromatic heterocycles. The van der Waals surface area contributed by atoms with E-state index in [1.54, 1.807) is 23.0 Å². The summed E-state index contributed by atoms with van der Waals surface area (Å²) in [4.78, 5) is 29.4.